The Balaban J connectivity index is 1.60. The molecule has 1 aromatic carbocycles. The van der Waals surface area contributed by atoms with Crippen LogP contribution in [0.15, 0.2) is 24.3 Å². The normalized spacial score (nSPS) is 27.0. The van der Waals surface area contributed by atoms with Crippen LogP contribution in [0.4, 0.5) is 0 Å². The first-order valence-corrected chi connectivity index (χ1v) is 9.16. The number of benzene rings is 1. The van der Waals surface area contributed by atoms with Gasteiger partial charge in [-0.1, -0.05) is 24.3 Å². The van der Waals surface area contributed by atoms with Crippen LogP contribution in [0.1, 0.15) is 23.6 Å². The SMILES string of the molecule is O=C(NC[C@@H]1NCCc2ccccc21)[C@H]1CCS(=O)(=O)C1. The van der Waals surface area contributed by atoms with Crippen molar-refractivity contribution >= 4 is 15.7 Å². The number of amides is 1. The lowest BCUT2D eigenvalue weighted by molar-refractivity contribution is -0.124. The van der Waals surface area contributed by atoms with Crippen LogP contribution in [-0.2, 0) is 21.1 Å². The van der Waals surface area contributed by atoms with Crippen LogP contribution in [0.2, 0.25) is 0 Å². The molecule has 0 bridgehead atoms. The molecule has 0 unspecified atom stereocenters. The van der Waals surface area contributed by atoms with Gasteiger partial charge in [0.15, 0.2) is 9.84 Å². The molecule has 2 aliphatic rings. The second-order valence-corrected chi connectivity index (χ2v) is 8.03. The number of hydrogen-bond acceptors (Lipinski definition) is 4. The lowest BCUT2D eigenvalue weighted by Gasteiger charge is -2.27. The van der Waals surface area contributed by atoms with Crippen LogP contribution in [0.5, 0.6) is 0 Å². The summed E-state index contributed by atoms with van der Waals surface area (Å²) in [5, 5.41) is 6.31. The summed E-state index contributed by atoms with van der Waals surface area (Å²) in [5.74, 6) is -0.391. The van der Waals surface area contributed by atoms with Crippen molar-refractivity contribution in [2.24, 2.45) is 5.92 Å². The maximum absolute atomic E-state index is 12.1. The van der Waals surface area contributed by atoms with Gasteiger partial charge in [-0.2, -0.15) is 0 Å². The monoisotopic (exact) mass is 308 g/mol. The Morgan fingerprint density at radius 3 is 2.90 bits per heavy atom. The summed E-state index contributed by atoms with van der Waals surface area (Å²) in [4.78, 5) is 12.1. The minimum Gasteiger partial charge on any atom is -0.354 e. The molecular formula is C15H20N2O3S. The zero-order valence-corrected chi connectivity index (χ0v) is 12.7. The highest BCUT2D eigenvalue weighted by Crippen LogP contribution is 2.23. The lowest BCUT2D eigenvalue weighted by atomic mass is 9.94. The Labute approximate surface area is 125 Å². The van der Waals surface area contributed by atoms with E-state index in [2.05, 4.69) is 22.8 Å². The Bertz CT molecular complexity index is 642. The first-order chi connectivity index (χ1) is 10.1. The fourth-order valence-electron chi connectivity index (χ4n) is 3.12. The standard InChI is InChI=1S/C15H20N2O3S/c18-15(12-6-8-21(19,20)10-12)17-9-14-13-4-2-1-3-11(13)5-7-16-14/h1-4,12,14,16H,5-10H2,(H,17,18)/t12-,14-/m0/s1. The molecule has 1 amide bonds. The van der Waals surface area contributed by atoms with Crippen LogP contribution in [-0.4, -0.2) is 38.9 Å². The molecule has 1 fully saturated rings. The smallest absolute Gasteiger partial charge is 0.224 e. The number of nitrogens with one attached hydrogen (secondary N) is 2. The maximum atomic E-state index is 12.1. The molecule has 3 rings (SSSR count). The highest BCUT2D eigenvalue weighted by atomic mass is 32.2. The Morgan fingerprint density at radius 2 is 2.14 bits per heavy atom. The number of sulfone groups is 1. The molecule has 2 atom stereocenters. The summed E-state index contributed by atoms with van der Waals surface area (Å²) in [6.45, 7) is 1.40. The number of carbonyl (C=O) groups is 1. The third kappa shape index (κ3) is 3.27. The molecule has 2 heterocycles. The van der Waals surface area contributed by atoms with Crippen LogP contribution in [0, 0.1) is 5.92 Å². The molecule has 21 heavy (non-hydrogen) atoms. The third-order valence-electron chi connectivity index (χ3n) is 4.30. The summed E-state index contributed by atoms with van der Waals surface area (Å²) in [5.41, 5.74) is 2.54. The average molecular weight is 308 g/mol. The molecule has 5 nitrogen and oxygen atoms in total. The van der Waals surface area contributed by atoms with E-state index < -0.39 is 9.84 Å². The predicted octanol–water partition coefficient (Wildman–Crippen LogP) is 0.424. The summed E-state index contributed by atoms with van der Waals surface area (Å²) in [7, 11) is -3.01. The average Bonchev–Trinajstić information content (AvgIpc) is 2.85. The molecule has 0 saturated carbocycles. The third-order valence-corrected chi connectivity index (χ3v) is 6.07. The van der Waals surface area contributed by atoms with E-state index in [9.17, 15) is 13.2 Å². The zero-order valence-electron chi connectivity index (χ0n) is 11.8. The van der Waals surface area contributed by atoms with Crippen molar-refractivity contribution in [3.63, 3.8) is 0 Å². The molecule has 6 heteroatoms. The maximum Gasteiger partial charge on any atom is 0.224 e. The zero-order chi connectivity index (χ0) is 14.9. The topological polar surface area (TPSA) is 75.3 Å². The van der Waals surface area contributed by atoms with Gasteiger partial charge in [-0.05, 0) is 30.5 Å². The van der Waals surface area contributed by atoms with Crippen LogP contribution >= 0.6 is 0 Å². The second-order valence-electron chi connectivity index (χ2n) is 5.80. The fourth-order valence-corrected chi connectivity index (χ4v) is 4.87. The summed E-state index contributed by atoms with van der Waals surface area (Å²) >= 11 is 0. The summed E-state index contributed by atoms with van der Waals surface area (Å²) in [6.07, 6.45) is 1.45. The molecule has 0 aliphatic carbocycles. The molecule has 2 N–H and O–H groups in total. The van der Waals surface area contributed by atoms with Gasteiger partial charge in [-0.15, -0.1) is 0 Å². The van der Waals surface area contributed by atoms with Crippen molar-refractivity contribution in [1.82, 2.24) is 10.6 Å². The highest BCUT2D eigenvalue weighted by Gasteiger charge is 2.33. The molecule has 1 aromatic rings. The van der Waals surface area contributed by atoms with Gasteiger partial charge in [-0.3, -0.25) is 4.79 Å². The number of fused-ring (bicyclic) bond motifs is 1. The van der Waals surface area contributed by atoms with E-state index in [1.807, 2.05) is 12.1 Å². The number of carbonyl (C=O) groups excluding carboxylic acids is 1. The minimum absolute atomic E-state index is 0.00643. The van der Waals surface area contributed by atoms with Gasteiger partial charge in [0, 0.05) is 12.6 Å². The van der Waals surface area contributed by atoms with E-state index in [1.54, 1.807) is 0 Å². The predicted molar refractivity (Wildman–Crippen MR) is 80.7 cm³/mol. The molecule has 0 radical (unpaired) electrons. The van der Waals surface area contributed by atoms with Crippen LogP contribution in [0.3, 0.4) is 0 Å². The van der Waals surface area contributed by atoms with Gasteiger partial charge in [0.1, 0.15) is 0 Å². The molecule has 2 aliphatic heterocycles. The molecule has 114 valence electrons. The van der Waals surface area contributed by atoms with Crippen molar-refractivity contribution < 1.29 is 13.2 Å². The first-order valence-electron chi connectivity index (χ1n) is 7.34. The minimum atomic E-state index is -3.01. The Hall–Kier alpha value is -1.40. The number of rotatable bonds is 3. The van der Waals surface area contributed by atoms with Gasteiger partial charge in [0.05, 0.1) is 17.4 Å². The van der Waals surface area contributed by atoms with E-state index >= 15 is 0 Å². The van der Waals surface area contributed by atoms with Gasteiger partial charge < -0.3 is 10.6 Å². The van der Waals surface area contributed by atoms with Crippen LogP contribution in [0.25, 0.3) is 0 Å². The van der Waals surface area contributed by atoms with Crippen molar-refractivity contribution in [3.8, 4) is 0 Å². The largest absolute Gasteiger partial charge is 0.354 e. The van der Waals surface area contributed by atoms with Gasteiger partial charge in [-0.25, -0.2) is 8.42 Å². The quantitative estimate of drug-likeness (QED) is 0.849. The van der Waals surface area contributed by atoms with Crippen LogP contribution < -0.4 is 10.6 Å². The summed E-state index contributed by atoms with van der Waals surface area (Å²) < 4.78 is 22.8. The van der Waals surface area contributed by atoms with E-state index in [0.717, 1.165) is 13.0 Å². The fraction of sp³-hybridized carbons (Fsp3) is 0.533. The highest BCUT2D eigenvalue weighted by molar-refractivity contribution is 7.91. The van der Waals surface area contributed by atoms with E-state index in [-0.39, 0.29) is 29.4 Å². The van der Waals surface area contributed by atoms with Gasteiger partial charge in [0.2, 0.25) is 5.91 Å². The molecule has 1 saturated heterocycles. The van der Waals surface area contributed by atoms with Crippen molar-refractivity contribution in [2.75, 3.05) is 24.6 Å². The summed E-state index contributed by atoms with van der Waals surface area (Å²) in [6, 6.07) is 8.34. The van der Waals surface area contributed by atoms with E-state index in [0.29, 0.717) is 13.0 Å². The Morgan fingerprint density at radius 1 is 1.33 bits per heavy atom. The molecular weight excluding hydrogens is 288 g/mol. The van der Waals surface area contributed by atoms with Gasteiger partial charge >= 0.3 is 0 Å². The van der Waals surface area contributed by atoms with E-state index in [1.165, 1.54) is 11.1 Å². The second kappa shape index (κ2) is 5.77. The van der Waals surface area contributed by atoms with Crippen molar-refractivity contribution in [2.45, 2.75) is 18.9 Å². The lowest BCUT2D eigenvalue weighted by Crippen LogP contribution is -2.41. The molecule has 0 aromatic heterocycles. The van der Waals surface area contributed by atoms with E-state index in [4.69, 9.17) is 0 Å². The molecule has 0 spiro atoms. The van der Waals surface area contributed by atoms with Crippen molar-refractivity contribution in [1.29, 1.82) is 0 Å². The first kappa shape index (κ1) is 14.5. The van der Waals surface area contributed by atoms with Crippen molar-refractivity contribution in [3.05, 3.63) is 35.4 Å². The Kier molecular flexibility index (Phi) is 3.99. The number of hydrogen-bond donors (Lipinski definition) is 2. The van der Waals surface area contributed by atoms with Gasteiger partial charge in [0.25, 0.3) is 0 Å².